The Kier molecular flexibility index (Phi) is 6.09. The first-order chi connectivity index (χ1) is 12.2. The van der Waals surface area contributed by atoms with E-state index in [4.69, 9.17) is 4.74 Å². The molecule has 2 aromatic rings. The molecule has 3 rings (SSSR count). The van der Waals surface area contributed by atoms with Crippen LogP contribution in [0.5, 0.6) is 5.75 Å². The van der Waals surface area contributed by atoms with E-state index in [0.717, 1.165) is 25.0 Å². The molecule has 5 nitrogen and oxygen atoms in total. The standard InChI is InChI=1S/C20H27N3O2/c1-2-25-18-10-8-16(9-11-18)12-13-21-20(24)15-23-14-17-6-4-3-5-7-19(17)22-23/h8-11,14H,2-7,12-13,15H2,1H3,(H,21,24). The van der Waals surface area contributed by atoms with Gasteiger partial charge in [-0.05, 0) is 62.3 Å². The molecular formula is C20H27N3O2. The van der Waals surface area contributed by atoms with Gasteiger partial charge < -0.3 is 10.1 Å². The summed E-state index contributed by atoms with van der Waals surface area (Å²) in [5, 5.41) is 7.57. The van der Waals surface area contributed by atoms with Gasteiger partial charge in [-0.1, -0.05) is 18.6 Å². The van der Waals surface area contributed by atoms with E-state index in [1.54, 1.807) is 4.68 Å². The van der Waals surface area contributed by atoms with Gasteiger partial charge in [0.05, 0.1) is 12.3 Å². The van der Waals surface area contributed by atoms with Crippen LogP contribution < -0.4 is 10.1 Å². The van der Waals surface area contributed by atoms with Crippen LogP contribution in [0, 0.1) is 0 Å². The van der Waals surface area contributed by atoms with Crippen LogP contribution in [0.3, 0.4) is 0 Å². The number of nitrogens with one attached hydrogen (secondary N) is 1. The Bertz CT molecular complexity index is 668. The lowest BCUT2D eigenvalue weighted by atomic mass is 10.1. The fraction of sp³-hybridized carbons (Fsp3) is 0.500. The van der Waals surface area contributed by atoms with Crippen LogP contribution in [0.15, 0.2) is 30.5 Å². The molecule has 0 radical (unpaired) electrons. The van der Waals surface area contributed by atoms with Crippen molar-refractivity contribution in [3.63, 3.8) is 0 Å². The van der Waals surface area contributed by atoms with E-state index in [0.29, 0.717) is 19.7 Å². The van der Waals surface area contributed by atoms with Gasteiger partial charge in [0.2, 0.25) is 5.91 Å². The molecule has 1 aromatic heterocycles. The van der Waals surface area contributed by atoms with E-state index < -0.39 is 0 Å². The first-order valence-electron chi connectivity index (χ1n) is 9.28. The van der Waals surface area contributed by atoms with Crippen LogP contribution in [0.25, 0.3) is 0 Å². The fourth-order valence-corrected chi connectivity index (χ4v) is 3.26. The number of carbonyl (C=O) groups excluding carboxylic acids is 1. The molecule has 1 aliphatic rings. The van der Waals surface area contributed by atoms with Crippen molar-refractivity contribution in [2.24, 2.45) is 0 Å². The molecule has 0 unspecified atom stereocenters. The van der Waals surface area contributed by atoms with Crippen molar-refractivity contribution in [3.8, 4) is 5.75 Å². The molecular weight excluding hydrogens is 314 g/mol. The summed E-state index contributed by atoms with van der Waals surface area (Å²) >= 11 is 0. The van der Waals surface area contributed by atoms with Crippen molar-refractivity contribution in [2.75, 3.05) is 13.2 Å². The Labute approximate surface area is 149 Å². The van der Waals surface area contributed by atoms with Gasteiger partial charge in [0.15, 0.2) is 0 Å². The first kappa shape index (κ1) is 17.5. The summed E-state index contributed by atoms with van der Waals surface area (Å²) < 4.78 is 7.23. The average molecular weight is 341 g/mol. The molecule has 0 saturated carbocycles. The molecule has 1 amide bonds. The number of benzene rings is 1. The second-order valence-electron chi connectivity index (χ2n) is 6.54. The number of rotatable bonds is 7. The highest BCUT2D eigenvalue weighted by Gasteiger charge is 2.13. The highest BCUT2D eigenvalue weighted by atomic mass is 16.5. The van der Waals surface area contributed by atoms with Crippen molar-refractivity contribution >= 4 is 5.91 Å². The van der Waals surface area contributed by atoms with E-state index in [9.17, 15) is 4.79 Å². The Morgan fingerprint density at radius 3 is 2.80 bits per heavy atom. The van der Waals surface area contributed by atoms with E-state index in [2.05, 4.69) is 10.4 Å². The number of hydrogen-bond donors (Lipinski definition) is 1. The lowest BCUT2D eigenvalue weighted by molar-refractivity contribution is -0.121. The Morgan fingerprint density at radius 1 is 1.20 bits per heavy atom. The Hall–Kier alpha value is -2.30. The van der Waals surface area contributed by atoms with Crippen LogP contribution in [-0.4, -0.2) is 28.8 Å². The summed E-state index contributed by atoms with van der Waals surface area (Å²) in [5.41, 5.74) is 3.69. The minimum absolute atomic E-state index is 0.0172. The third kappa shape index (κ3) is 5.08. The minimum Gasteiger partial charge on any atom is -0.494 e. The summed E-state index contributed by atoms with van der Waals surface area (Å²) in [6.07, 6.45) is 8.71. The van der Waals surface area contributed by atoms with Gasteiger partial charge in [-0.3, -0.25) is 9.48 Å². The maximum Gasteiger partial charge on any atom is 0.241 e. The molecule has 1 aromatic carbocycles. The molecule has 134 valence electrons. The van der Waals surface area contributed by atoms with Crippen molar-refractivity contribution in [1.29, 1.82) is 0 Å². The molecule has 0 fully saturated rings. The Morgan fingerprint density at radius 2 is 2.00 bits per heavy atom. The lowest BCUT2D eigenvalue weighted by Crippen LogP contribution is -2.29. The second-order valence-corrected chi connectivity index (χ2v) is 6.54. The zero-order valence-electron chi connectivity index (χ0n) is 15.0. The van der Waals surface area contributed by atoms with Gasteiger partial charge in [-0.25, -0.2) is 0 Å². The monoisotopic (exact) mass is 341 g/mol. The number of nitrogens with zero attached hydrogens (tertiary/aromatic N) is 2. The van der Waals surface area contributed by atoms with Crippen LogP contribution in [0.1, 0.15) is 43.0 Å². The third-order valence-electron chi connectivity index (χ3n) is 4.56. The van der Waals surface area contributed by atoms with Gasteiger partial charge >= 0.3 is 0 Å². The SMILES string of the molecule is CCOc1ccc(CCNC(=O)Cn2cc3c(n2)CCCCC3)cc1. The number of carbonyl (C=O) groups is 1. The van der Waals surface area contributed by atoms with E-state index >= 15 is 0 Å². The van der Waals surface area contributed by atoms with Gasteiger partial charge in [0.25, 0.3) is 0 Å². The molecule has 0 atom stereocenters. The number of fused-ring (bicyclic) bond motifs is 1. The first-order valence-corrected chi connectivity index (χ1v) is 9.28. The third-order valence-corrected chi connectivity index (χ3v) is 4.56. The summed E-state index contributed by atoms with van der Waals surface area (Å²) in [7, 11) is 0. The fourth-order valence-electron chi connectivity index (χ4n) is 3.26. The van der Waals surface area contributed by atoms with Crippen molar-refractivity contribution in [3.05, 3.63) is 47.3 Å². The lowest BCUT2D eigenvalue weighted by Gasteiger charge is -2.07. The molecule has 0 bridgehead atoms. The number of aryl methyl sites for hydroxylation is 2. The second kappa shape index (κ2) is 8.70. The van der Waals surface area contributed by atoms with Crippen LogP contribution in [0.4, 0.5) is 0 Å². The average Bonchev–Trinajstić information content (AvgIpc) is 2.85. The van der Waals surface area contributed by atoms with Gasteiger partial charge in [0.1, 0.15) is 12.3 Å². The highest BCUT2D eigenvalue weighted by Crippen LogP contribution is 2.19. The minimum atomic E-state index is 0.0172. The molecule has 0 aliphatic heterocycles. The molecule has 1 N–H and O–H groups in total. The molecule has 5 heteroatoms. The van der Waals surface area contributed by atoms with Crippen molar-refractivity contribution in [2.45, 2.75) is 52.0 Å². The maximum atomic E-state index is 12.1. The quantitative estimate of drug-likeness (QED) is 0.788. The van der Waals surface area contributed by atoms with Crippen LogP contribution in [0.2, 0.25) is 0 Å². The predicted octanol–water partition coefficient (Wildman–Crippen LogP) is 2.91. The van der Waals surface area contributed by atoms with E-state index in [-0.39, 0.29) is 5.91 Å². The molecule has 0 saturated heterocycles. The van der Waals surface area contributed by atoms with Crippen LogP contribution in [-0.2, 0) is 30.6 Å². The van der Waals surface area contributed by atoms with Gasteiger partial charge in [0, 0.05) is 12.7 Å². The number of ether oxygens (including phenoxy) is 1. The zero-order chi connectivity index (χ0) is 17.5. The zero-order valence-corrected chi connectivity index (χ0v) is 15.0. The predicted molar refractivity (Wildman–Crippen MR) is 97.8 cm³/mol. The summed E-state index contributed by atoms with van der Waals surface area (Å²) in [6, 6.07) is 8.03. The van der Waals surface area contributed by atoms with E-state index in [1.807, 2.05) is 37.4 Å². The summed E-state index contributed by atoms with van der Waals surface area (Å²) in [5.74, 6) is 0.900. The van der Waals surface area contributed by atoms with Crippen LogP contribution >= 0.6 is 0 Å². The normalized spacial score (nSPS) is 13.8. The summed E-state index contributed by atoms with van der Waals surface area (Å²) in [4.78, 5) is 12.1. The molecule has 1 aliphatic carbocycles. The van der Waals surface area contributed by atoms with E-state index in [1.165, 1.54) is 36.1 Å². The smallest absolute Gasteiger partial charge is 0.241 e. The number of amides is 1. The molecule has 1 heterocycles. The topological polar surface area (TPSA) is 56.1 Å². The molecule has 25 heavy (non-hydrogen) atoms. The van der Waals surface area contributed by atoms with Crippen molar-refractivity contribution in [1.82, 2.24) is 15.1 Å². The number of hydrogen-bond acceptors (Lipinski definition) is 3. The van der Waals surface area contributed by atoms with Crippen molar-refractivity contribution < 1.29 is 9.53 Å². The highest BCUT2D eigenvalue weighted by molar-refractivity contribution is 5.75. The Balaban J connectivity index is 1.43. The summed E-state index contributed by atoms with van der Waals surface area (Å²) in [6.45, 7) is 3.58. The van der Waals surface area contributed by atoms with Gasteiger partial charge in [-0.2, -0.15) is 5.10 Å². The van der Waals surface area contributed by atoms with Gasteiger partial charge in [-0.15, -0.1) is 0 Å². The maximum absolute atomic E-state index is 12.1. The molecule has 0 spiro atoms. The number of aromatic nitrogens is 2. The largest absolute Gasteiger partial charge is 0.494 e.